The van der Waals surface area contributed by atoms with Crippen molar-refractivity contribution >= 4 is 34.8 Å². The third-order valence-corrected chi connectivity index (χ3v) is 13.0. The van der Waals surface area contributed by atoms with Gasteiger partial charge in [0.25, 0.3) is 0 Å². The first-order valence-electron chi connectivity index (χ1n) is 13.5. The Morgan fingerprint density at radius 1 is 0.902 bits per heavy atom. The first-order valence-corrected chi connectivity index (χ1v) is 17.3. The zero-order valence-corrected chi connectivity index (χ0v) is 26.5. The van der Waals surface area contributed by atoms with Gasteiger partial charge >= 0.3 is 14.4 Å². The molecule has 0 saturated carbocycles. The molecule has 1 atom stereocenters. The molecule has 3 aromatic carbocycles. The highest BCUT2D eigenvalue weighted by molar-refractivity contribution is 7.88. The van der Waals surface area contributed by atoms with Gasteiger partial charge < -0.3 is 18.6 Å². The van der Waals surface area contributed by atoms with Gasteiger partial charge in [0.2, 0.25) is 10.0 Å². The van der Waals surface area contributed by atoms with Crippen molar-refractivity contribution in [2.75, 3.05) is 19.5 Å². The van der Waals surface area contributed by atoms with Gasteiger partial charge in [-0.05, 0) is 48.3 Å². The van der Waals surface area contributed by atoms with Crippen molar-refractivity contribution in [3.8, 4) is 17.2 Å². The fourth-order valence-electron chi connectivity index (χ4n) is 4.95. The number of epoxide rings is 1. The Hall–Kier alpha value is -3.34. The average molecular weight is 598 g/mol. The third kappa shape index (κ3) is 6.94. The molecule has 1 aliphatic heterocycles. The molecule has 0 aromatic heterocycles. The minimum atomic E-state index is -3.94. The van der Waals surface area contributed by atoms with Crippen LogP contribution in [0.15, 0.2) is 78.9 Å². The number of rotatable bonds is 9. The van der Waals surface area contributed by atoms with Gasteiger partial charge in [0, 0.05) is 6.07 Å². The van der Waals surface area contributed by atoms with E-state index in [4.69, 9.17) is 18.6 Å². The van der Waals surface area contributed by atoms with Crippen LogP contribution in [0.5, 0.6) is 17.2 Å². The summed E-state index contributed by atoms with van der Waals surface area (Å²) in [6, 6.07) is 25.2. The lowest BCUT2D eigenvalue weighted by molar-refractivity contribution is 0.152. The summed E-state index contributed by atoms with van der Waals surface area (Å²) in [5.74, 6) is 0.819. The fourth-order valence-corrected chi connectivity index (χ4v) is 10.7. The number of ether oxygens (including phenoxy) is 3. The highest BCUT2D eigenvalue weighted by Gasteiger charge is 2.52. The number of carbonyl (C=O) groups is 1. The van der Waals surface area contributed by atoms with Crippen molar-refractivity contribution in [3.05, 3.63) is 78.9 Å². The van der Waals surface area contributed by atoms with Crippen LogP contribution in [0, 0.1) is 0 Å². The van der Waals surface area contributed by atoms with Crippen molar-refractivity contribution in [1.82, 2.24) is 4.31 Å². The van der Waals surface area contributed by atoms with Crippen LogP contribution in [-0.4, -0.2) is 58.2 Å². The molecule has 0 spiro atoms. The summed E-state index contributed by atoms with van der Waals surface area (Å²) >= 11 is 0. The minimum Gasteiger partial charge on any atom is -0.531 e. The monoisotopic (exact) mass is 597 g/mol. The van der Waals surface area contributed by atoms with E-state index in [9.17, 15) is 13.2 Å². The Kier molecular flexibility index (Phi) is 8.59. The molecule has 41 heavy (non-hydrogen) atoms. The second kappa shape index (κ2) is 11.5. The number of carbonyl (C=O) groups excluding carboxylic acids is 1. The standard InChI is InChI=1S/C31H39NO7SSi/c1-30(2,3)32(40(7,34)35)29(33)38-28-20-23(36-21-24-22-37-24)18-19-27(28)39-41(31(4,5)6,25-14-10-8-11-15-25)26-16-12-9-13-17-26/h8-20,24H,21-22H2,1-7H3/t24-/m1/s1. The first kappa shape index (κ1) is 30.6. The summed E-state index contributed by atoms with van der Waals surface area (Å²) in [6.07, 6.45) is -0.0281. The fraction of sp³-hybridized carbons (Fsp3) is 0.387. The highest BCUT2D eigenvalue weighted by Crippen LogP contribution is 2.41. The summed E-state index contributed by atoms with van der Waals surface area (Å²) < 4.78 is 50.1. The summed E-state index contributed by atoms with van der Waals surface area (Å²) in [5.41, 5.74) is -1.05. The number of amides is 1. The van der Waals surface area contributed by atoms with E-state index in [1.807, 2.05) is 36.4 Å². The van der Waals surface area contributed by atoms with Crippen LogP contribution in [0.3, 0.4) is 0 Å². The van der Waals surface area contributed by atoms with E-state index in [-0.39, 0.29) is 16.9 Å². The predicted molar refractivity (Wildman–Crippen MR) is 162 cm³/mol. The Balaban J connectivity index is 1.86. The van der Waals surface area contributed by atoms with Gasteiger partial charge in [0.05, 0.1) is 18.4 Å². The molecule has 3 aromatic rings. The second-order valence-corrected chi connectivity index (χ2v) is 18.3. The number of benzene rings is 3. The van der Waals surface area contributed by atoms with E-state index in [1.54, 1.807) is 39.0 Å². The molecule has 10 heteroatoms. The van der Waals surface area contributed by atoms with E-state index in [0.29, 0.717) is 24.7 Å². The van der Waals surface area contributed by atoms with E-state index in [1.165, 1.54) is 0 Å². The molecule has 0 radical (unpaired) electrons. The maximum absolute atomic E-state index is 13.5. The molecular formula is C31H39NO7SSi. The van der Waals surface area contributed by atoms with Crippen LogP contribution >= 0.6 is 0 Å². The van der Waals surface area contributed by atoms with Gasteiger partial charge in [-0.15, -0.1) is 0 Å². The lowest BCUT2D eigenvalue weighted by atomic mass is 10.1. The smallest absolute Gasteiger partial charge is 0.429 e. The van der Waals surface area contributed by atoms with E-state index in [2.05, 4.69) is 45.0 Å². The van der Waals surface area contributed by atoms with Crippen molar-refractivity contribution in [2.45, 2.75) is 58.2 Å². The van der Waals surface area contributed by atoms with Crippen LogP contribution in [0.1, 0.15) is 41.5 Å². The average Bonchev–Trinajstić information content (AvgIpc) is 3.70. The normalized spacial score (nSPS) is 15.6. The Labute approximate surface area is 244 Å². The maximum Gasteiger partial charge on any atom is 0.429 e. The van der Waals surface area contributed by atoms with Gasteiger partial charge in [-0.3, -0.25) is 0 Å². The molecule has 0 N–H and O–H groups in total. The Bertz CT molecular complexity index is 1420. The molecule has 8 nitrogen and oxygen atoms in total. The number of hydrogen-bond donors (Lipinski definition) is 0. The molecule has 1 heterocycles. The lowest BCUT2D eigenvalue weighted by Crippen LogP contribution is -2.68. The van der Waals surface area contributed by atoms with Crippen molar-refractivity contribution in [3.63, 3.8) is 0 Å². The van der Waals surface area contributed by atoms with Crippen molar-refractivity contribution in [2.24, 2.45) is 0 Å². The SMILES string of the molecule is CC(C)(C)N(C(=O)Oc1cc(OC[C@@H]2CO2)ccc1O[Si](c1ccccc1)(c1ccccc1)C(C)(C)C)S(C)(=O)=O. The van der Waals surface area contributed by atoms with Crippen LogP contribution in [-0.2, 0) is 14.8 Å². The van der Waals surface area contributed by atoms with Crippen LogP contribution in [0.25, 0.3) is 0 Å². The summed E-state index contributed by atoms with van der Waals surface area (Å²) in [7, 11) is -7.04. The maximum atomic E-state index is 13.5. The van der Waals surface area contributed by atoms with Gasteiger partial charge in [0.15, 0.2) is 5.75 Å². The predicted octanol–water partition coefficient (Wildman–Crippen LogP) is 4.96. The molecule has 1 aliphatic rings. The van der Waals surface area contributed by atoms with Crippen LogP contribution < -0.4 is 24.3 Å². The quantitative estimate of drug-likeness (QED) is 0.254. The second-order valence-electron chi connectivity index (χ2n) is 12.2. The molecule has 0 aliphatic carbocycles. The topological polar surface area (TPSA) is 94.7 Å². The van der Waals surface area contributed by atoms with Gasteiger partial charge in [-0.2, -0.15) is 4.31 Å². The summed E-state index contributed by atoms with van der Waals surface area (Å²) in [4.78, 5) is 13.5. The van der Waals surface area contributed by atoms with Crippen molar-refractivity contribution in [1.29, 1.82) is 0 Å². The summed E-state index contributed by atoms with van der Waals surface area (Å²) in [6.45, 7) is 12.3. The zero-order valence-electron chi connectivity index (χ0n) is 24.7. The lowest BCUT2D eigenvalue weighted by Gasteiger charge is -2.43. The number of nitrogens with zero attached hydrogens (tertiary/aromatic N) is 1. The van der Waals surface area contributed by atoms with Crippen LogP contribution in [0.2, 0.25) is 5.04 Å². The minimum absolute atomic E-state index is 0.0238. The molecule has 220 valence electrons. The molecule has 1 fully saturated rings. The highest BCUT2D eigenvalue weighted by atomic mass is 32.2. The zero-order chi connectivity index (χ0) is 30.1. The van der Waals surface area contributed by atoms with E-state index >= 15 is 0 Å². The summed E-state index contributed by atoms with van der Waals surface area (Å²) in [5, 5.41) is 1.71. The Morgan fingerprint density at radius 3 is 1.88 bits per heavy atom. The molecule has 0 unspecified atom stereocenters. The molecule has 1 amide bonds. The molecule has 0 bridgehead atoms. The largest absolute Gasteiger partial charge is 0.531 e. The van der Waals surface area contributed by atoms with Gasteiger partial charge in [-0.1, -0.05) is 81.4 Å². The van der Waals surface area contributed by atoms with Crippen molar-refractivity contribution < 1.29 is 31.8 Å². The Morgan fingerprint density at radius 2 is 1.44 bits per heavy atom. The van der Waals surface area contributed by atoms with E-state index < -0.39 is 30.0 Å². The van der Waals surface area contributed by atoms with Gasteiger partial charge in [0.1, 0.15) is 24.2 Å². The van der Waals surface area contributed by atoms with Gasteiger partial charge in [-0.25, -0.2) is 13.2 Å². The molecule has 1 saturated heterocycles. The first-order chi connectivity index (χ1) is 19.1. The molecular weight excluding hydrogens is 558 g/mol. The number of hydrogen-bond acceptors (Lipinski definition) is 7. The third-order valence-electron chi connectivity index (χ3n) is 6.74. The van der Waals surface area contributed by atoms with Crippen LogP contribution in [0.4, 0.5) is 4.79 Å². The molecule has 4 rings (SSSR count). The van der Waals surface area contributed by atoms with E-state index in [0.717, 1.165) is 20.9 Å². The number of sulfonamides is 1.